The maximum atomic E-state index is 11.8. The molecular weight excluding hydrogens is 517 g/mol. The molecule has 0 aromatic heterocycles. The summed E-state index contributed by atoms with van der Waals surface area (Å²) in [5, 5.41) is 15.2. The van der Waals surface area contributed by atoms with Crippen LogP contribution in [0.2, 0.25) is 0 Å². The van der Waals surface area contributed by atoms with Gasteiger partial charge in [-0.3, -0.25) is 0 Å². The van der Waals surface area contributed by atoms with E-state index in [0.29, 0.717) is 11.4 Å². The molecule has 0 aliphatic carbocycles. The van der Waals surface area contributed by atoms with E-state index in [1.54, 1.807) is 24.3 Å². The zero-order chi connectivity index (χ0) is 19.1. The van der Waals surface area contributed by atoms with Crippen LogP contribution in [0.1, 0.15) is 11.1 Å². The van der Waals surface area contributed by atoms with Crippen molar-refractivity contribution in [3.8, 4) is 5.75 Å². The smallest absolute Gasteiger partial charge is 0.341 e. The van der Waals surface area contributed by atoms with Gasteiger partial charge in [-0.1, -0.05) is 15.9 Å². The number of halogens is 2. The van der Waals surface area contributed by atoms with E-state index in [4.69, 9.17) is 9.84 Å². The highest BCUT2D eigenvalue weighted by atomic mass is 127. The van der Waals surface area contributed by atoms with Crippen LogP contribution in [0.15, 0.2) is 46.0 Å². The second kappa shape index (κ2) is 9.53. The molecule has 9 heteroatoms. The fourth-order valence-corrected chi connectivity index (χ4v) is 2.84. The van der Waals surface area contributed by atoms with Gasteiger partial charge in [0.1, 0.15) is 5.75 Å². The molecule has 0 fully saturated rings. The molecule has 0 saturated carbocycles. The Morgan fingerprint density at radius 1 is 1.31 bits per heavy atom. The van der Waals surface area contributed by atoms with E-state index in [1.165, 1.54) is 6.21 Å². The Labute approximate surface area is 172 Å². The van der Waals surface area contributed by atoms with E-state index in [2.05, 4.69) is 31.8 Å². The second-order valence-electron chi connectivity index (χ2n) is 5.16. The van der Waals surface area contributed by atoms with E-state index in [9.17, 15) is 9.59 Å². The minimum atomic E-state index is -1.04. The number of ether oxygens (including phenoxy) is 1. The SMILES string of the molecule is Cc1cc(NC(=O)N/N=C/c2ccc(OCC(=O)O)c(I)c2)ccc1Br. The van der Waals surface area contributed by atoms with Gasteiger partial charge in [0, 0.05) is 10.2 Å². The van der Waals surface area contributed by atoms with Crippen LogP contribution in [-0.2, 0) is 4.79 Å². The van der Waals surface area contributed by atoms with E-state index in [-0.39, 0.29) is 0 Å². The van der Waals surface area contributed by atoms with Gasteiger partial charge in [-0.25, -0.2) is 15.0 Å². The van der Waals surface area contributed by atoms with E-state index in [1.807, 2.05) is 41.6 Å². The predicted octanol–water partition coefficient (Wildman–Crippen LogP) is 3.98. The summed E-state index contributed by atoms with van der Waals surface area (Å²) in [5.41, 5.74) is 4.78. The summed E-state index contributed by atoms with van der Waals surface area (Å²) in [6, 6.07) is 10.1. The first-order valence-corrected chi connectivity index (χ1v) is 9.22. The summed E-state index contributed by atoms with van der Waals surface area (Å²) in [6.45, 7) is 1.53. The van der Waals surface area contributed by atoms with Crippen molar-refractivity contribution in [1.29, 1.82) is 0 Å². The molecule has 0 atom stereocenters. The Morgan fingerprint density at radius 2 is 2.08 bits per heavy atom. The number of rotatable bonds is 6. The Morgan fingerprint density at radius 3 is 2.73 bits per heavy atom. The molecule has 0 bridgehead atoms. The van der Waals surface area contributed by atoms with Crippen LogP contribution in [0, 0.1) is 10.5 Å². The van der Waals surface area contributed by atoms with Gasteiger partial charge in [-0.2, -0.15) is 5.10 Å². The van der Waals surface area contributed by atoms with Gasteiger partial charge >= 0.3 is 12.0 Å². The van der Waals surface area contributed by atoms with E-state index >= 15 is 0 Å². The van der Waals surface area contributed by atoms with Crippen LogP contribution in [0.4, 0.5) is 10.5 Å². The van der Waals surface area contributed by atoms with Crippen LogP contribution >= 0.6 is 38.5 Å². The number of amides is 2. The summed E-state index contributed by atoms with van der Waals surface area (Å²) < 4.78 is 6.85. The minimum absolute atomic E-state index is 0.402. The van der Waals surface area contributed by atoms with Gasteiger partial charge in [-0.15, -0.1) is 0 Å². The lowest BCUT2D eigenvalue weighted by Crippen LogP contribution is -2.24. The minimum Gasteiger partial charge on any atom is -0.481 e. The first kappa shape index (κ1) is 20.2. The summed E-state index contributed by atoms with van der Waals surface area (Å²) in [7, 11) is 0. The second-order valence-corrected chi connectivity index (χ2v) is 7.18. The highest BCUT2D eigenvalue weighted by Crippen LogP contribution is 2.21. The Balaban J connectivity index is 1.90. The van der Waals surface area contributed by atoms with Gasteiger partial charge in [0.15, 0.2) is 6.61 Å². The predicted molar refractivity (Wildman–Crippen MR) is 111 cm³/mol. The summed E-state index contributed by atoms with van der Waals surface area (Å²) in [4.78, 5) is 22.4. The molecule has 3 N–H and O–H groups in total. The molecule has 2 rings (SSSR count). The number of anilines is 1. The number of nitrogens with zero attached hydrogens (tertiary/aromatic N) is 1. The number of nitrogens with one attached hydrogen (secondary N) is 2. The number of aryl methyl sites for hydroxylation is 1. The molecule has 0 aliphatic heterocycles. The first-order valence-electron chi connectivity index (χ1n) is 7.35. The molecule has 0 aliphatic rings. The van der Waals surface area contributed by atoms with Gasteiger partial charge < -0.3 is 15.2 Å². The van der Waals surface area contributed by atoms with Crippen LogP contribution in [-0.4, -0.2) is 29.9 Å². The van der Waals surface area contributed by atoms with Crippen LogP contribution in [0.25, 0.3) is 0 Å². The molecule has 26 heavy (non-hydrogen) atoms. The summed E-state index contributed by atoms with van der Waals surface area (Å²) in [6.07, 6.45) is 1.48. The fourth-order valence-electron chi connectivity index (χ4n) is 1.90. The van der Waals surface area contributed by atoms with Crippen LogP contribution in [0.3, 0.4) is 0 Å². The van der Waals surface area contributed by atoms with Crippen molar-refractivity contribution in [1.82, 2.24) is 5.43 Å². The highest BCUT2D eigenvalue weighted by molar-refractivity contribution is 14.1. The van der Waals surface area contributed by atoms with Crippen LogP contribution in [0.5, 0.6) is 5.75 Å². The summed E-state index contributed by atoms with van der Waals surface area (Å²) >= 11 is 5.44. The van der Waals surface area contributed by atoms with Crippen molar-refractivity contribution < 1.29 is 19.4 Å². The normalized spacial score (nSPS) is 10.6. The van der Waals surface area contributed by atoms with Crippen molar-refractivity contribution >= 4 is 62.4 Å². The quantitative estimate of drug-likeness (QED) is 0.298. The third-order valence-electron chi connectivity index (χ3n) is 3.10. The number of carboxylic acid groups (broad SMARTS) is 1. The van der Waals surface area contributed by atoms with Crippen molar-refractivity contribution in [2.24, 2.45) is 5.10 Å². The molecule has 2 amide bonds. The van der Waals surface area contributed by atoms with E-state index in [0.717, 1.165) is 19.2 Å². The number of hydrazone groups is 1. The van der Waals surface area contributed by atoms with Crippen molar-refractivity contribution in [3.63, 3.8) is 0 Å². The zero-order valence-electron chi connectivity index (χ0n) is 13.6. The van der Waals surface area contributed by atoms with Gasteiger partial charge in [0.2, 0.25) is 0 Å². The monoisotopic (exact) mass is 531 g/mol. The lowest BCUT2D eigenvalue weighted by atomic mass is 10.2. The molecule has 0 saturated heterocycles. The molecule has 7 nitrogen and oxygen atoms in total. The number of hydrogen-bond donors (Lipinski definition) is 3. The van der Waals surface area contributed by atoms with E-state index < -0.39 is 18.6 Å². The zero-order valence-corrected chi connectivity index (χ0v) is 17.4. The van der Waals surface area contributed by atoms with Crippen molar-refractivity contribution in [3.05, 3.63) is 55.6 Å². The maximum Gasteiger partial charge on any atom is 0.341 e. The molecule has 0 heterocycles. The molecule has 2 aromatic carbocycles. The molecular formula is C17H15BrIN3O4. The Kier molecular flexibility index (Phi) is 7.39. The number of carbonyl (C=O) groups excluding carboxylic acids is 1. The molecule has 0 radical (unpaired) electrons. The molecule has 2 aromatic rings. The molecule has 136 valence electrons. The number of aliphatic carboxylic acids is 1. The lowest BCUT2D eigenvalue weighted by Gasteiger charge is -2.07. The molecule has 0 unspecified atom stereocenters. The first-order chi connectivity index (χ1) is 12.3. The molecule has 0 spiro atoms. The number of carbonyl (C=O) groups is 2. The number of carboxylic acids is 1. The maximum absolute atomic E-state index is 11.8. The standard InChI is InChI=1S/C17H15BrIN3O4/c1-10-6-12(3-4-13(10)18)21-17(25)22-20-8-11-2-5-15(14(19)7-11)26-9-16(23)24/h2-8H,9H2,1H3,(H,23,24)(H2,21,22,25)/b20-8+. The third kappa shape index (κ3) is 6.30. The van der Waals surface area contributed by atoms with Crippen LogP contribution < -0.4 is 15.5 Å². The Bertz CT molecular complexity index is 858. The number of urea groups is 1. The number of benzene rings is 2. The lowest BCUT2D eigenvalue weighted by molar-refractivity contribution is -0.139. The van der Waals surface area contributed by atoms with Gasteiger partial charge in [-0.05, 0) is 77.0 Å². The largest absolute Gasteiger partial charge is 0.481 e. The van der Waals surface area contributed by atoms with Gasteiger partial charge in [0.25, 0.3) is 0 Å². The third-order valence-corrected chi connectivity index (χ3v) is 4.84. The fraction of sp³-hybridized carbons (Fsp3) is 0.118. The van der Waals surface area contributed by atoms with Crippen molar-refractivity contribution in [2.45, 2.75) is 6.92 Å². The number of hydrogen-bond acceptors (Lipinski definition) is 4. The highest BCUT2D eigenvalue weighted by Gasteiger charge is 2.05. The average Bonchev–Trinajstić information content (AvgIpc) is 2.57. The van der Waals surface area contributed by atoms with Gasteiger partial charge in [0.05, 0.1) is 9.78 Å². The summed E-state index contributed by atoms with van der Waals surface area (Å²) in [5.74, 6) is -0.566. The Hall–Kier alpha value is -2.14. The van der Waals surface area contributed by atoms with Crippen molar-refractivity contribution in [2.75, 3.05) is 11.9 Å². The topological polar surface area (TPSA) is 100 Å². The average molecular weight is 532 g/mol.